The van der Waals surface area contributed by atoms with Crippen molar-refractivity contribution in [2.24, 2.45) is 0 Å². The van der Waals surface area contributed by atoms with E-state index in [1.54, 1.807) is 27.7 Å². The summed E-state index contributed by atoms with van der Waals surface area (Å²) in [5, 5.41) is 0. The largest absolute Gasteiger partial charge is 0.397 e. The van der Waals surface area contributed by atoms with Crippen LogP contribution in [0.2, 0.25) is 0 Å². The van der Waals surface area contributed by atoms with Crippen LogP contribution in [0.25, 0.3) is 0 Å². The predicted octanol–water partition coefficient (Wildman–Crippen LogP) is 0.202. The first-order valence-corrected chi connectivity index (χ1v) is 8.31. The maximum absolute atomic E-state index is 10.8. The molecule has 0 aromatic rings. The molecular weight excluding hydrogens is 320 g/mol. The predicted molar refractivity (Wildman–Crippen MR) is 70.0 cm³/mol. The van der Waals surface area contributed by atoms with Crippen molar-refractivity contribution < 1.29 is 40.8 Å². The summed E-state index contributed by atoms with van der Waals surface area (Å²) in [4.78, 5) is 0. The van der Waals surface area contributed by atoms with Crippen molar-refractivity contribution in [2.45, 2.75) is 70.0 Å². The fourth-order valence-electron chi connectivity index (χ4n) is 2.98. The minimum Gasteiger partial charge on any atom is -0.342 e. The van der Waals surface area contributed by atoms with Crippen molar-refractivity contribution >= 4 is 10.4 Å². The van der Waals surface area contributed by atoms with Crippen molar-refractivity contribution in [2.75, 3.05) is 6.61 Å². The molecule has 3 aliphatic heterocycles. The second kappa shape index (κ2) is 5.08. The van der Waals surface area contributed by atoms with Gasteiger partial charge in [0, 0.05) is 0 Å². The molecule has 0 aromatic carbocycles. The lowest BCUT2D eigenvalue weighted by Gasteiger charge is -2.36. The van der Waals surface area contributed by atoms with E-state index in [4.69, 9.17) is 28.2 Å². The molecule has 3 heterocycles. The van der Waals surface area contributed by atoms with Crippen molar-refractivity contribution in [3.63, 3.8) is 0 Å². The summed E-state index contributed by atoms with van der Waals surface area (Å²) in [6.07, 6.45) is -3.11. The Bertz CT molecular complexity index is 543. The average molecular weight is 340 g/mol. The molecule has 3 fully saturated rings. The van der Waals surface area contributed by atoms with Gasteiger partial charge in [-0.2, -0.15) is 8.42 Å². The lowest BCUT2D eigenvalue weighted by molar-refractivity contribution is -0.238. The molecule has 10 heteroatoms. The Balaban J connectivity index is 1.81. The number of rotatable bonds is 3. The van der Waals surface area contributed by atoms with E-state index in [1.165, 1.54) is 0 Å². The molecule has 1 N–H and O–H groups in total. The van der Waals surface area contributed by atoms with Gasteiger partial charge >= 0.3 is 10.4 Å². The van der Waals surface area contributed by atoms with Crippen molar-refractivity contribution in [3.8, 4) is 0 Å². The van der Waals surface area contributed by atoms with Gasteiger partial charge in [-0.15, -0.1) is 0 Å². The molecule has 128 valence electrons. The third kappa shape index (κ3) is 3.29. The molecule has 3 aliphatic rings. The summed E-state index contributed by atoms with van der Waals surface area (Å²) in [6.45, 7) is 6.55. The molecule has 22 heavy (non-hydrogen) atoms. The summed E-state index contributed by atoms with van der Waals surface area (Å²) in [5.41, 5.74) is 0. The number of fused-ring (bicyclic) bond motifs is 3. The van der Waals surface area contributed by atoms with E-state index < -0.39 is 59.3 Å². The van der Waals surface area contributed by atoms with Crippen LogP contribution in [0, 0.1) is 0 Å². The molecule has 5 unspecified atom stereocenters. The van der Waals surface area contributed by atoms with Gasteiger partial charge in [-0.1, -0.05) is 0 Å². The molecule has 3 saturated heterocycles. The third-order valence-electron chi connectivity index (χ3n) is 3.63. The van der Waals surface area contributed by atoms with E-state index in [2.05, 4.69) is 4.18 Å². The quantitative estimate of drug-likeness (QED) is 0.720. The monoisotopic (exact) mass is 340 g/mol. The normalized spacial score (nSPS) is 42.9. The van der Waals surface area contributed by atoms with Crippen molar-refractivity contribution in [1.82, 2.24) is 0 Å². The van der Waals surface area contributed by atoms with Crippen LogP contribution in [0.3, 0.4) is 0 Å². The van der Waals surface area contributed by atoms with Gasteiger partial charge in [0.1, 0.15) is 24.4 Å². The highest BCUT2D eigenvalue weighted by molar-refractivity contribution is 7.80. The lowest BCUT2D eigenvalue weighted by Crippen LogP contribution is -2.56. The highest BCUT2D eigenvalue weighted by Gasteiger charge is 2.60. The van der Waals surface area contributed by atoms with Crippen LogP contribution in [0.5, 0.6) is 0 Å². The summed E-state index contributed by atoms with van der Waals surface area (Å²) < 4.78 is 63.4. The molecule has 3 rings (SSSR count). The van der Waals surface area contributed by atoms with Crippen LogP contribution in [0.4, 0.5) is 0 Å². The molecule has 0 spiro atoms. The third-order valence-corrected chi connectivity index (χ3v) is 4.07. The standard InChI is InChI=1S/C12H20O9S/c1-11(2)18-7-6(5-16-22(13,14)15)17-10-9(8(7)19-11)20-12(3,4)21-10/h6-10H,5H2,1-4H3,(H,13,14,15). The fraction of sp³-hybridized carbons (Fsp3) is 1.00. The van der Waals surface area contributed by atoms with Gasteiger partial charge in [0.15, 0.2) is 17.9 Å². The molecule has 0 saturated carbocycles. The minimum atomic E-state index is -4.57. The highest BCUT2D eigenvalue weighted by atomic mass is 32.3. The van der Waals surface area contributed by atoms with E-state index in [0.29, 0.717) is 0 Å². The van der Waals surface area contributed by atoms with Crippen LogP contribution < -0.4 is 0 Å². The molecule has 5 atom stereocenters. The van der Waals surface area contributed by atoms with E-state index in [-0.39, 0.29) is 0 Å². The molecule has 0 radical (unpaired) electrons. The van der Waals surface area contributed by atoms with Gasteiger partial charge < -0.3 is 23.7 Å². The second-order valence-electron chi connectivity index (χ2n) is 6.42. The van der Waals surface area contributed by atoms with E-state index in [1.807, 2.05) is 0 Å². The zero-order chi connectivity index (χ0) is 16.3. The summed E-state index contributed by atoms with van der Waals surface area (Å²) in [7, 11) is -4.57. The van der Waals surface area contributed by atoms with E-state index in [0.717, 1.165) is 0 Å². The van der Waals surface area contributed by atoms with Crippen LogP contribution >= 0.6 is 0 Å². The highest BCUT2D eigenvalue weighted by Crippen LogP contribution is 2.44. The van der Waals surface area contributed by atoms with Crippen LogP contribution in [-0.4, -0.2) is 61.9 Å². The molecular formula is C12H20O9S. The molecule has 0 aromatic heterocycles. The number of ether oxygens (including phenoxy) is 5. The maximum Gasteiger partial charge on any atom is 0.397 e. The smallest absolute Gasteiger partial charge is 0.342 e. The first-order valence-electron chi connectivity index (χ1n) is 6.94. The van der Waals surface area contributed by atoms with E-state index >= 15 is 0 Å². The molecule has 0 aliphatic carbocycles. The maximum atomic E-state index is 10.8. The Morgan fingerprint density at radius 2 is 1.50 bits per heavy atom. The van der Waals surface area contributed by atoms with Gasteiger partial charge in [0.05, 0.1) is 6.61 Å². The minimum absolute atomic E-state index is 0.410. The van der Waals surface area contributed by atoms with Gasteiger partial charge in [-0.05, 0) is 27.7 Å². The fourth-order valence-corrected chi connectivity index (χ4v) is 3.29. The topological polar surface area (TPSA) is 110 Å². The Labute approximate surface area is 128 Å². The van der Waals surface area contributed by atoms with Gasteiger partial charge in [0.2, 0.25) is 0 Å². The number of hydrogen-bond donors (Lipinski definition) is 1. The number of hydrogen-bond acceptors (Lipinski definition) is 8. The Hall–Kier alpha value is -0.330. The van der Waals surface area contributed by atoms with Crippen molar-refractivity contribution in [1.29, 1.82) is 0 Å². The van der Waals surface area contributed by atoms with Gasteiger partial charge in [-0.25, -0.2) is 4.18 Å². The Morgan fingerprint density at radius 3 is 2.14 bits per heavy atom. The zero-order valence-corrected chi connectivity index (χ0v) is 13.5. The van der Waals surface area contributed by atoms with Crippen LogP contribution in [0.15, 0.2) is 0 Å². The summed E-state index contributed by atoms with van der Waals surface area (Å²) >= 11 is 0. The van der Waals surface area contributed by atoms with Crippen LogP contribution in [-0.2, 0) is 38.3 Å². The Kier molecular flexibility index (Phi) is 3.82. The second-order valence-corrected chi connectivity index (χ2v) is 7.51. The summed E-state index contributed by atoms with van der Waals surface area (Å²) in [5.74, 6) is -1.73. The van der Waals surface area contributed by atoms with Crippen LogP contribution in [0.1, 0.15) is 27.7 Å². The zero-order valence-electron chi connectivity index (χ0n) is 12.7. The van der Waals surface area contributed by atoms with E-state index in [9.17, 15) is 8.42 Å². The lowest BCUT2D eigenvalue weighted by atomic mass is 9.99. The molecule has 0 bridgehead atoms. The van der Waals surface area contributed by atoms with Gasteiger partial charge in [0.25, 0.3) is 0 Å². The van der Waals surface area contributed by atoms with Crippen molar-refractivity contribution in [3.05, 3.63) is 0 Å². The average Bonchev–Trinajstić information content (AvgIpc) is 2.79. The van der Waals surface area contributed by atoms with Gasteiger partial charge in [-0.3, -0.25) is 4.55 Å². The molecule has 9 nitrogen and oxygen atoms in total. The first kappa shape index (κ1) is 16.5. The Morgan fingerprint density at radius 1 is 0.955 bits per heavy atom. The first-order chi connectivity index (χ1) is 9.96. The summed E-state index contributed by atoms with van der Waals surface area (Å²) in [6, 6.07) is 0. The molecule has 0 amide bonds. The SMILES string of the molecule is CC1(C)OC2OC(COS(=O)(=O)O)C3OC(C)(C)OC3C2O1.